The number of hydrogen-bond donors (Lipinski definition) is 1. The summed E-state index contributed by atoms with van der Waals surface area (Å²) in [6.07, 6.45) is 1.49. The second kappa shape index (κ2) is 7.81. The number of hydrazone groups is 1. The van der Waals surface area contributed by atoms with E-state index in [1.165, 1.54) is 6.21 Å². The minimum Gasteiger partial charge on any atom is -0.484 e. The molecule has 0 saturated carbocycles. The largest absolute Gasteiger partial charge is 0.484 e. The molecule has 2 rings (SSSR count). The van der Waals surface area contributed by atoms with E-state index in [4.69, 9.17) is 16.3 Å². The molecule has 0 aliphatic heterocycles. The van der Waals surface area contributed by atoms with Crippen molar-refractivity contribution in [2.45, 2.75) is 0 Å². The second-order valence-electron chi connectivity index (χ2n) is 4.06. The third-order valence-electron chi connectivity index (χ3n) is 2.48. The standard InChI is InChI=1S/C15H12BrClN2O2/c16-12-5-7-13(8-6-12)21-10-15(20)19-18-9-11-3-1-2-4-14(11)17/h1-9H,10H2,(H,19,20)/b18-9-. The quantitative estimate of drug-likeness (QED) is 0.648. The number of halogens is 2. The average molecular weight is 368 g/mol. The molecule has 0 unspecified atom stereocenters. The summed E-state index contributed by atoms with van der Waals surface area (Å²) >= 11 is 9.28. The third kappa shape index (κ3) is 5.21. The molecule has 1 amide bonds. The first kappa shape index (κ1) is 15.5. The van der Waals surface area contributed by atoms with E-state index in [9.17, 15) is 4.79 Å². The maximum Gasteiger partial charge on any atom is 0.277 e. The smallest absolute Gasteiger partial charge is 0.277 e. The van der Waals surface area contributed by atoms with Crippen molar-refractivity contribution < 1.29 is 9.53 Å². The highest BCUT2D eigenvalue weighted by atomic mass is 79.9. The van der Waals surface area contributed by atoms with E-state index in [2.05, 4.69) is 26.5 Å². The van der Waals surface area contributed by atoms with Crippen LogP contribution in [0.25, 0.3) is 0 Å². The van der Waals surface area contributed by atoms with Crippen molar-refractivity contribution >= 4 is 39.7 Å². The zero-order valence-corrected chi connectivity index (χ0v) is 13.3. The second-order valence-corrected chi connectivity index (χ2v) is 5.38. The van der Waals surface area contributed by atoms with E-state index in [1.54, 1.807) is 24.3 Å². The summed E-state index contributed by atoms with van der Waals surface area (Å²) in [5.41, 5.74) is 3.11. The van der Waals surface area contributed by atoms with Gasteiger partial charge in [0.15, 0.2) is 6.61 Å². The fraction of sp³-hybridized carbons (Fsp3) is 0.0667. The third-order valence-corrected chi connectivity index (χ3v) is 3.35. The molecule has 21 heavy (non-hydrogen) atoms. The summed E-state index contributed by atoms with van der Waals surface area (Å²) in [4.78, 5) is 11.6. The molecule has 0 fully saturated rings. The molecule has 0 radical (unpaired) electrons. The Labute approximate surface area is 135 Å². The van der Waals surface area contributed by atoms with E-state index in [0.29, 0.717) is 10.8 Å². The van der Waals surface area contributed by atoms with Crippen molar-refractivity contribution in [1.29, 1.82) is 0 Å². The monoisotopic (exact) mass is 366 g/mol. The van der Waals surface area contributed by atoms with Crippen LogP contribution in [0.2, 0.25) is 5.02 Å². The molecule has 108 valence electrons. The number of amides is 1. The van der Waals surface area contributed by atoms with Crippen LogP contribution in [-0.2, 0) is 4.79 Å². The molecular weight excluding hydrogens is 356 g/mol. The van der Waals surface area contributed by atoms with Gasteiger partial charge in [-0.1, -0.05) is 45.7 Å². The molecule has 0 saturated heterocycles. The van der Waals surface area contributed by atoms with Crippen LogP contribution in [0.15, 0.2) is 58.1 Å². The molecule has 0 aliphatic rings. The van der Waals surface area contributed by atoms with Crippen molar-refractivity contribution in [2.75, 3.05) is 6.61 Å². The molecule has 0 aromatic heterocycles. The number of nitrogens with zero attached hydrogens (tertiary/aromatic N) is 1. The molecule has 2 aromatic rings. The Balaban J connectivity index is 1.80. The Hall–Kier alpha value is -1.85. The van der Waals surface area contributed by atoms with Crippen LogP contribution in [-0.4, -0.2) is 18.7 Å². The SMILES string of the molecule is O=C(COc1ccc(Br)cc1)N/N=C\c1ccccc1Cl. The van der Waals surface area contributed by atoms with Crippen molar-refractivity contribution in [2.24, 2.45) is 5.10 Å². The maximum absolute atomic E-state index is 11.6. The minimum absolute atomic E-state index is 0.110. The molecule has 2 aromatic carbocycles. The Bertz CT molecular complexity index is 644. The summed E-state index contributed by atoms with van der Waals surface area (Å²) in [6.45, 7) is -0.110. The Morgan fingerprint density at radius 2 is 1.95 bits per heavy atom. The number of ether oxygens (including phenoxy) is 1. The fourth-order valence-corrected chi connectivity index (χ4v) is 1.91. The van der Waals surface area contributed by atoms with Gasteiger partial charge in [-0.25, -0.2) is 5.43 Å². The lowest BCUT2D eigenvalue weighted by molar-refractivity contribution is -0.123. The topological polar surface area (TPSA) is 50.7 Å². The average Bonchev–Trinajstić information content (AvgIpc) is 2.49. The first-order valence-electron chi connectivity index (χ1n) is 6.10. The molecule has 6 heteroatoms. The molecule has 4 nitrogen and oxygen atoms in total. The van der Waals surface area contributed by atoms with Gasteiger partial charge in [0.05, 0.1) is 6.21 Å². The molecule has 1 N–H and O–H groups in total. The number of hydrogen-bond acceptors (Lipinski definition) is 3. The van der Waals surface area contributed by atoms with Gasteiger partial charge in [-0.2, -0.15) is 5.10 Å². The summed E-state index contributed by atoms with van der Waals surface area (Å²) < 4.78 is 6.26. The van der Waals surface area contributed by atoms with Crippen LogP contribution in [0.5, 0.6) is 5.75 Å². The van der Waals surface area contributed by atoms with Gasteiger partial charge < -0.3 is 4.74 Å². The Morgan fingerprint density at radius 1 is 1.24 bits per heavy atom. The van der Waals surface area contributed by atoms with Crippen LogP contribution >= 0.6 is 27.5 Å². The van der Waals surface area contributed by atoms with Crippen LogP contribution in [0, 0.1) is 0 Å². The summed E-state index contributed by atoms with van der Waals surface area (Å²) in [5.74, 6) is 0.268. The van der Waals surface area contributed by atoms with Crippen molar-refractivity contribution in [3.8, 4) is 5.75 Å². The Kier molecular flexibility index (Phi) is 5.78. The van der Waals surface area contributed by atoms with Gasteiger partial charge in [-0.3, -0.25) is 4.79 Å². The predicted molar refractivity (Wildman–Crippen MR) is 86.8 cm³/mol. The molecule has 0 aliphatic carbocycles. The molecule has 0 spiro atoms. The van der Waals surface area contributed by atoms with E-state index >= 15 is 0 Å². The number of nitrogens with one attached hydrogen (secondary N) is 1. The van der Waals surface area contributed by atoms with Gasteiger partial charge in [0.25, 0.3) is 5.91 Å². The van der Waals surface area contributed by atoms with E-state index < -0.39 is 0 Å². The minimum atomic E-state index is -0.346. The molecule has 0 bridgehead atoms. The number of carbonyl (C=O) groups excluding carboxylic acids is 1. The summed E-state index contributed by atoms with van der Waals surface area (Å²) in [6, 6.07) is 14.4. The highest BCUT2D eigenvalue weighted by Gasteiger charge is 2.01. The molecule has 0 heterocycles. The van der Waals surface area contributed by atoms with Crippen LogP contribution < -0.4 is 10.2 Å². The Morgan fingerprint density at radius 3 is 2.67 bits per heavy atom. The first-order valence-corrected chi connectivity index (χ1v) is 7.27. The van der Waals surface area contributed by atoms with Gasteiger partial charge in [-0.15, -0.1) is 0 Å². The lowest BCUT2D eigenvalue weighted by Crippen LogP contribution is -2.24. The summed E-state index contributed by atoms with van der Waals surface area (Å²) in [5, 5.41) is 4.40. The first-order chi connectivity index (χ1) is 10.1. The van der Waals surface area contributed by atoms with Crippen molar-refractivity contribution in [1.82, 2.24) is 5.43 Å². The van der Waals surface area contributed by atoms with E-state index in [1.807, 2.05) is 24.3 Å². The lowest BCUT2D eigenvalue weighted by Gasteiger charge is -2.04. The maximum atomic E-state index is 11.6. The van der Waals surface area contributed by atoms with Crippen LogP contribution in [0.4, 0.5) is 0 Å². The molecule has 0 atom stereocenters. The number of rotatable bonds is 5. The zero-order valence-electron chi connectivity index (χ0n) is 10.9. The van der Waals surface area contributed by atoms with Crippen LogP contribution in [0.3, 0.4) is 0 Å². The van der Waals surface area contributed by atoms with Gasteiger partial charge in [-0.05, 0) is 30.3 Å². The van der Waals surface area contributed by atoms with Crippen molar-refractivity contribution in [3.05, 3.63) is 63.6 Å². The fourth-order valence-electron chi connectivity index (χ4n) is 1.47. The highest BCUT2D eigenvalue weighted by Crippen LogP contribution is 2.15. The lowest BCUT2D eigenvalue weighted by atomic mass is 10.2. The van der Waals surface area contributed by atoms with Gasteiger partial charge in [0.2, 0.25) is 0 Å². The number of benzene rings is 2. The summed E-state index contributed by atoms with van der Waals surface area (Å²) in [7, 11) is 0. The van der Waals surface area contributed by atoms with E-state index in [-0.39, 0.29) is 12.5 Å². The van der Waals surface area contributed by atoms with Gasteiger partial charge in [0, 0.05) is 15.1 Å². The number of carbonyl (C=O) groups is 1. The normalized spacial score (nSPS) is 10.6. The van der Waals surface area contributed by atoms with Gasteiger partial charge >= 0.3 is 0 Å². The zero-order chi connectivity index (χ0) is 15.1. The van der Waals surface area contributed by atoms with Crippen LogP contribution in [0.1, 0.15) is 5.56 Å². The van der Waals surface area contributed by atoms with E-state index in [0.717, 1.165) is 10.0 Å². The predicted octanol–water partition coefficient (Wildman–Crippen LogP) is 3.63. The molecular formula is C15H12BrClN2O2. The van der Waals surface area contributed by atoms with Crippen molar-refractivity contribution in [3.63, 3.8) is 0 Å². The van der Waals surface area contributed by atoms with Gasteiger partial charge in [0.1, 0.15) is 5.75 Å². The highest BCUT2D eigenvalue weighted by molar-refractivity contribution is 9.10.